The Balaban J connectivity index is 1.41. The number of piperidine rings is 1. The third-order valence-corrected chi connectivity index (χ3v) is 5.58. The number of hydrogen-bond donors (Lipinski definition) is 2. The second-order valence-electron chi connectivity index (χ2n) is 7.41. The summed E-state index contributed by atoms with van der Waals surface area (Å²) in [5.41, 5.74) is 2.16. The number of amides is 2. The molecule has 2 amide bonds. The van der Waals surface area contributed by atoms with Crippen LogP contribution in [0.3, 0.4) is 0 Å². The number of nitrogens with one attached hydrogen (secondary N) is 2. The van der Waals surface area contributed by atoms with Crippen LogP contribution < -0.4 is 10.2 Å². The zero-order chi connectivity index (χ0) is 18.6. The Kier molecular flexibility index (Phi) is 5.18. The Bertz CT molecular complexity index is 798. The number of pyridine rings is 1. The van der Waals surface area contributed by atoms with Gasteiger partial charge in [-0.05, 0) is 43.9 Å². The fourth-order valence-electron chi connectivity index (χ4n) is 4.09. The zero-order valence-electron chi connectivity index (χ0n) is 15.4. The average Bonchev–Trinajstić information content (AvgIpc) is 3.21. The molecule has 2 aliphatic rings. The lowest BCUT2D eigenvalue weighted by Gasteiger charge is -2.32. The predicted molar refractivity (Wildman–Crippen MR) is 101 cm³/mol. The van der Waals surface area contributed by atoms with E-state index < -0.39 is 6.04 Å². The summed E-state index contributed by atoms with van der Waals surface area (Å²) in [5.74, 6) is 0.0792. The predicted octanol–water partition coefficient (Wildman–Crippen LogP) is 2.78. The van der Waals surface area contributed by atoms with Gasteiger partial charge in [-0.1, -0.05) is 19.3 Å². The maximum atomic E-state index is 12.8. The molecule has 1 saturated carbocycles. The normalized spacial score (nSPS) is 21.3. The monoisotopic (exact) mass is 367 g/mol. The molecule has 2 fully saturated rings. The Morgan fingerprint density at radius 1 is 1.19 bits per heavy atom. The van der Waals surface area contributed by atoms with Gasteiger partial charge in [0.15, 0.2) is 0 Å². The number of aromatic nitrogens is 3. The number of aromatic amines is 1. The molecular formula is C20H25N5O2. The second-order valence-corrected chi connectivity index (χ2v) is 7.41. The summed E-state index contributed by atoms with van der Waals surface area (Å²) in [5, 5.41) is 10.1. The molecule has 1 aliphatic heterocycles. The highest BCUT2D eigenvalue weighted by atomic mass is 16.2. The maximum absolute atomic E-state index is 12.8. The number of rotatable bonds is 4. The van der Waals surface area contributed by atoms with Gasteiger partial charge in [0.2, 0.25) is 5.91 Å². The minimum Gasteiger partial charge on any atom is -0.339 e. The molecular weight excluding hydrogens is 342 g/mol. The number of hydrogen-bond acceptors (Lipinski definition) is 4. The van der Waals surface area contributed by atoms with Crippen molar-refractivity contribution in [1.82, 2.24) is 20.5 Å². The summed E-state index contributed by atoms with van der Waals surface area (Å²) in [6, 6.07) is 4.99. The summed E-state index contributed by atoms with van der Waals surface area (Å²) < 4.78 is 0. The quantitative estimate of drug-likeness (QED) is 0.869. The van der Waals surface area contributed by atoms with E-state index in [0.717, 1.165) is 30.6 Å². The fraction of sp³-hybridized carbons (Fsp3) is 0.500. The van der Waals surface area contributed by atoms with Crippen LogP contribution in [0.4, 0.5) is 5.69 Å². The molecule has 27 heavy (non-hydrogen) atoms. The molecule has 0 spiro atoms. The minimum atomic E-state index is -0.527. The highest BCUT2D eigenvalue weighted by molar-refractivity contribution is 6.02. The Hall–Kier alpha value is -2.70. The lowest BCUT2D eigenvalue weighted by Crippen LogP contribution is -2.52. The van der Waals surface area contributed by atoms with Crippen molar-refractivity contribution in [3.63, 3.8) is 0 Å². The van der Waals surface area contributed by atoms with Crippen LogP contribution in [-0.4, -0.2) is 39.6 Å². The Morgan fingerprint density at radius 2 is 2.04 bits per heavy atom. The maximum Gasteiger partial charge on any atom is 0.272 e. The third-order valence-electron chi connectivity index (χ3n) is 5.58. The summed E-state index contributed by atoms with van der Waals surface area (Å²) in [6.07, 6.45) is 10.9. The first-order valence-electron chi connectivity index (χ1n) is 9.80. The first kappa shape index (κ1) is 17.7. The van der Waals surface area contributed by atoms with Crippen LogP contribution in [0.2, 0.25) is 0 Å². The van der Waals surface area contributed by atoms with E-state index in [0.29, 0.717) is 24.6 Å². The fourth-order valence-corrected chi connectivity index (χ4v) is 4.09. The molecule has 2 aromatic heterocycles. The second kappa shape index (κ2) is 7.90. The van der Waals surface area contributed by atoms with Gasteiger partial charge in [0, 0.05) is 24.4 Å². The number of H-pyrrole nitrogens is 1. The molecule has 142 valence electrons. The van der Waals surface area contributed by atoms with Crippen molar-refractivity contribution in [2.45, 2.75) is 56.9 Å². The molecule has 3 heterocycles. The smallest absolute Gasteiger partial charge is 0.272 e. The van der Waals surface area contributed by atoms with Gasteiger partial charge in [-0.15, -0.1) is 0 Å². The summed E-state index contributed by atoms with van der Waals surface area (Å²) >= 11 is 0. The van der Waals surface area contributed by atoms with Crippen molar-refractivity contribution in [2.24, 2.45) is 0 Å². The van der Waals surface area contributed by atoms with Crippen LogP contribution >= 0.6 is 0 Å². The van der Waals surface area contributed by atoms with E-state index in [1.807, 2.05) is 12.1 Å². The topological polar surface area (TPSA) is 91.0 Å². The number of anilines is 1. The molecule has 0 bridgehead atoms. The van der Waals surface area contributed by atoms with Gasteiger partial charge in [-0.2, -0.15) is 5.10 Å². The molecule has 0 radical (unpaired) electrons. The van der Waals surface area contributed by atoms with Crippen molar-refractivity contribution in [3.8, 4) is 0 Å². The average molecular weight is 367 g/mol. The van der Waals surface area contributed by atoms with Crippen LogP contribution in [0.15, 0.2) is 30.6 Å². The largest absolute Gasteiger partial charge is 0.339 e. The van der Waals surface area contributed by atoms with E-state index in [4.69, 9.17) is 0 Å². The number of nitrogens with zero attached hydrogens (tertiary/aromatic N) is 3. The van der Waals surface area contributed by atoms with Crippen molar-refractivity contribution in [1.29, 1.82) is 0 Å². The van der Waals surface area contributed by atoms with Gasteiger partial charge in [0.25, 0.3) is 5.91 Å². The zero-order valence-corrected chi connectivity index (χ0v) is 15.4. The van der Waals surface area contributed by atoms with Crippen LogP contribution in [0, 0.1) is 0 Å². The first-order chi connectivity index (χ1) is 13.2. The number of carbonyl (C=O) groups excluding carboxylic acids is 2. The molecule has 7 nitrogen and oxygen atoms in total. The minimum absolute atomic E-state index is 0.0920. The molecule has 1 aliphatic carbocycles. The third kappa shape index (κ3) is 3.86. The van der Waals surface area contributed by atoms with Gasteiger partial charge in [-0.25, -0.2) is 0 Å². The Morgan fingerprint density at radius 3 is 2.81 bits per heavy atom. The SMILES string of the molecule is O=C(NC1CCCN(c2cccnc2)C1=O)c1cc(C2CCCCC2)[nH]n1. The summed E-state index contributed by atoms with van der Waals surface area (Å²) in [4.78, 5) is 31.2. The van der Waals surface area contributed by atoms with Crippen molar-refractivity contribution < 1.29 is 9.59 Å². The lowest BCUT2D eigenvalue weighted by molar-refractivity contribution is -0.121. The molecule has 0 aromatic carbocycles. The number of carbonyl (C=O) groups is 2. The Labute approximate surface area is 158 Å². The van der Waals surface area contributed by atoms with Gasteiger partial charge in [0.05, 0.1) is 11.9 Å². The molecule has 1 unspecified atom stereocenters. The van der Waals surface area contributed by atoms with Gasteiger partial charge < -0.3 is 10.2 Å². The highest BCUT2D eigenvalue weighted by Crippen LogP contribution is 2.31. The van der Waals surface area contributed by atoms with E-state index in [2.05, 4.69) is 20.5 Å². The van der Waals surface area contributed by atoms with Gasteiger partial charge in [0.1, 0.15) is 11.7 Å². The molecule has 1 saturated heterocycles. The van der Waals surface area contributed by atoms with Crippen LogP contribution in [0.1, 0.15) is 67.0 Å². The molecule has 2 aromatic rings. The summed E-state index contributed by atoms with van der Waals surface area (Å²) in [6.45, 7) is 0.644. The summed E-state index contributed by atoms with van der Waals surface area (Å²) in [7, 11) is 0. The van der Waals surface area contributed by atoms with E-state index in [1.54, 1.807) is 23.4 Å². The van der Waals surface area contributed by atoms with Gasteiger partial charge >= 0.3 is 0 Å². The van der Waals surface area contributed by atoms with Crippen molar-refractivity contribution >= 4 is 17.5 Å². The highest BCUT2D eigenvalue weighted by Gasteiger charge is 2.31. The molecule has 7 heteroatoms. The molecule has 2 N–H and O–H groups in total. The standard InChI is InChI=1S/C20H25N5O2/c26-19(18-12-17(23-24-18)14-6-2-1-3-7-14)22-16-9-5-11-25(20(16)27)15-8-4-10-21-13-15/h4,8,10,12-14,16H,1-3,5-7,9,11H2,(H,22,26)(H,23,24). The first-order valence-corrected chi connectivity index (χ1v) is 9.80. The van der Waals surface area contributed by atoms with E-state index >= 15 is 0 Å². The van der Waals surface area contributed by atoms with E-state index in [-0.39, 0.29) is 11.8 Å². The van der Waals surface area contributed by atoms with Gasteiger partial charge in [-0.3, -0.25) is 19.7 Å². The lowest BCUT2D eigenvalue weighted by atomic mass is 9.87. The molecule has 1 atom stereocenters. The van der Waals surface area contributed by atoms with Crippen molar-refractivity contribution in [2.75, 3.05) is 11.4 Å². The van der Waals surface area contributed by atoms with Crippen LogP contribution in [0.25, 0.3) is 0 Å². The van der Waals surface area contributed by atoms with E-state index in [9.17, 15) is 9.59 Å². The van der Waals surface area contributed by atoms with E-state index in [1.165, 1.54) is 19.3 Å². The van der Waals surface area contributed by atoms with Crippen molar-refractivity contribution in [3.05, 3.63) is 42.0 Å². The van der Waals surface area contributed by atoms with Crippen LogP contribution in [-0.2, 0) is 4.79 Å². The molecule has 4 rings (SSSR count). The van der Waals surface area contributed by atoms with Crippen LogP contribution in [0.5, 0.6) is 0 Å².